The third kappa shape index (κ3) is 6.29. The van der Waals surface area contributed by atoms with Crippen molar-refractivity contribution in [1.29, 1.82) is 0 Å². The SMILES string of the molecule is Cc1cccc(-c2cc3c4ccc(-c5ccc6c(c5)c(-c5cccc(C)c5)cc5c7ccccc7c(-c7cccc(C)c7)cc65)cc4c(-c4cccc(C)c4)cc3c3ccccc23)c1. The first-order valence-electron chi connectivity index (χ1n) is 22.5. The van der Waals surface area contributed by atoms with Gasteiger partial charge in [-0.25, -0.2) is 0 Å². The summed E-state index contributed by atoms with van der Waals surface area (Å²) in [5.74, 6) is 0. The Morgan fingerprint density at radius 2 is 0.453 bits per heavy atom. The maximum Gasteiger partial charge on any atom is -0.00923 e. The molecule has 302 valence electrons. The van der Waals surface area contributed by atoms with Gasteiger partial charge in [0.1, 0.15) is 0 Å². The van der Waals surface area contributed by atoms with Crippen LogP contribution in [0.5, 0.6) is 0 Å². The maximum absolute atomic E-state index is 2.46. The third-order valence-electron chi connectivity index (χ3n) is 13.6. The van der Waals surface area contributed by atoms with Gasteiger partial charge in [0.25, 0.3) is 0 Å². The second-order valence-corrected chi connectivity index (χ2v) is 18.0. The van der Waals surface area contributed by atoms with Crippen LogP contribution in [0.15, 0.2) is 206 Å². The fourth-order valence-electron chi connectivity index (χ4n) is 10.6. The zero-order valence-electron chi connectivity index (χ0n) is 36.6. The minimum atomic E-state index is 1.21. The second kappa shape index (κ2) is 14.9. The minimum Gasteiger partial charge on any atom is -0.0616 e. The first-order chi connectivity index (χ1) is 31.3. The molecule has 0 radical (unpaired) electrons. The zero-order valence-corrected chi connectivity index (χ0v) is 36.6. The van der Waals surface area contributed by atoms with E-state index < -0.39 is 0 Å². The molecule has 0 aliphatic heterocycles. The average molecular weight is 815 g/mol. The predicted octanol–water partition coefficient (Wildman–Crippen LogP) is 18.2. The summed E-state index contributed by atoms with van der Waals surface area (Å²) in [6.45, 7) is 8.75. The molecule has 0 heterocycles. The Labute approximate surface area is 374 Å². The van der Waals surface area contributed by atoms with Gasteiger partial charge in [-0.2, -0.15) is 0 Å². The fraction of sp³-hybridized carbons (Fsp3) is 0.0625. The standard InChI is InChI=1S/C64H46/c1-39-13-9-17-45(29-39)55-35-63-53-27-25-43(33-59(53)57(47-19-11-15-41(3)31-47)37-61(63)51-23-7-5-21-49(51)55)44-26-28-54-60(34-44)58(48-20-12-16-42(4)32-48)38-62-52-24-8-6-22-50(52)56(36-64(54)62)46-18-10-14-40(2)30-46/h5-38H,1-4H3. The Hall–Kier alpha value is -7.80. The van der Waals surface area contributed by atoms with Crippen molar-refractivity contribution in [2.45, 2.75) is 27.7 Å². The zero-order chi connectivity index (χ0) is 43.1. The van der Waals surface area contributed by atoms with Crippen LogP contribution < -0.4 is 0 Å². The minimum absolute atomic E-state index is 1.21. The number of hydrogen-bond acceptors (Lipinski definition) is 0. The molecule has 0 saturated heterocycles. The van der Waals surface area contributed by atoms with Crippen molar-refractivity contribution in [3.05, 3.63) is 229 Å². The van der Waals surface area contributed by atoms with Gasteiger partial charge in [0, 0.05) is 0 Å². The molecule has 12 aromatic rings. The van der Waals surface area contributed by atoms with Gasteiger partial charge in [-0.15, -0.1) is 0 Å². The van der Waals surface area contributed by atoms with Crippen molar-refractivity contribution in [2.75, 3.05) is 0 Å². The summed E-state index contributed by atoms with van der Waals surface area (Å²) in [6, 6.07) is 77.9. The lowest BCUT2D eigenvalue weighted by Crippen LogP contribution is -1.91. The largest absolute Gasteiger partial charge is 0.0616 e. The smallest absolute Gasteiger partial charge is 0.00923 e. The highest BCUT2D eigenvalue weighted by atomic mass is 14.2. The van der Waals surface area contributed by atoms with Crippen LogP contribution in [-0.2, 0) is 0 Å². The van der Waals surface area contributed by atoms with Crippen molar-refractivity contribution in [2.24, 2.45) is 0 Å². The van der Waals surface area contributed by atoms with Gasteiger partial charge in [0.15, 0.2) is 0 Å². The molecule has 0 aliphatic carbocycles. The van der Waals surface area contributed by atoms with Crippen molar-refractivity contribution in [3.63, 3.8) is 0 Å². The van der Waals surface area contributed by atoms with Crippen molar-refractivity contribution < 1.29 is 0 Å². The molecule has 0 atom stereocenters. The molecule has 0 unspecified atom stereocenters. The molecule has 64 heavy (non-hydrogen) atoms. The molecule has 0 bridgehead atoms. The van der Waals surface area contributed by atoms with Crippen molar-refractivity contribution in [3.8, 4) is 55.6 Å². The summed E-state index contributed by atoms with van der Waals surface area (Å²) in [6.07, 6.45) is 0. The summed E-state index contributed by atoms with van der Waals surface area (Å²) >= 11 is 0. The van der Waals surface area contributed by atoms with E-state index in [1.807, 2.05) is 0 Å². The van der Waals surface area contributed by atoms with Crippen LogP contribution in [-0.4, -0.2) is 0 Å². The van der Waals surface area contributed by atoms with E-state index in [1.165, 1.54) is 143 Å². The molecular weight excluding hydrogens is 769 g/mol. The summed E-state index contributed by atoms with van der Waals surface area (Å²) in [5, 5.41) is 15.3. The maximum atomic E-state index is 2.46. The Balaban J connectivity index is 1.14. The molecule has 0 aromatic heterocycles. The highest BCUT2D eigenvalue weighted by molar-refractivity contribution is 6.26. The Morgan fingerprint density at radius 1 is 0.172 bits per heavy atom. The molecular formula is C64H46. The van der Waals surface area contributed by atoms with Crippen LogP contribution in [0.3, 0.4) is 0 Å². The molecule has 0 saturated carbocycles. The highest BCUT2D eigenvalue weighted by Gasteiger charge is 2.19. The van der Waals surface area contributed by atoms with E-state index in [1.54, 1.807) is 0 Å². The van der Waals surface area contributed by atoms with Crippen LogP contribution in [0.1, 0.15) is 22.3 Å². The van der Waals surface area contributed by atoms with E-state index in [4.69, 9.17) is 0 Å². The van der Waals surface area contributed by atoms with Gasteiger partial charge in [-0.3, -0.25) is 0 Å². The molecule has 12 rings (SSSR count). The molecule has 0 nitrogen and oxygen atoms in total. The van der Waals surface area contributed by atoms with Crippen LogP contribution in [0.4, 0.5) is 0 Å². The van der Waals surface area contributed by atoms with E-state index in [2.05, 4.69) is 234 Å². The van der Waals surface area contributed by atoms with Gasteiger partial charge in [0.2, 0.25) is 0 Å². The fourth-order valence-corrected chi connectivity index (χ4v) is 10.6. The molecule has 0 fully saturated rings. The van der Waals surface area contributed by atoms with Crippen molar-refractivity contribution in [1.82, 2.24) is 0 Å². The van der Waals surface area contributed by atoms with Gasteiger partial charge in [-0.05, 0) is 184 Å². The van der Waals surface area contributed by atoms with Crippen LogP contribution >= 0.6 is 0 Å². The number of rotatable bonds is 5. The second-order valence-electron chi connectivity index (χ2n) is 18.0. The lowest BCUT2D eigenvalue weighted by molar-refractivity contribution is 1.47. The van der Waals surface area contributed by atoms with Crippen LogP contribution in [0.2, 0.25) is 0 Å². The summed E-state index contributed by atoms with van der Waals surface area (Å²) in [4.78, 5) is 0. The monoisotopic (exact) mass is 814 g/mol. The molecule has 12 aromatic carbocycles. The van der Waals surface area contributed by atoms with E-state index in [9.17, 15) is 0 Å². The molecule has 0 amide bonds. The molecule has 0 spiro atoms. The van der Waals surface area contributed by atoms with E-state index >= 15 is 0 Å². The highest BCUT2D eigenvalue weighted by Crippen LogP contribution is 2.46. The third-order valence-corrected chi connectivity index (χ3v) is 13.6. The predicted molar refractivity (Wildman–Crippen MR) is 278 cm³/mol. The summed E-state index contributed by atoms with van der Waals surface area (Å²) in [7, 11) is 0. The van der Waals surface area contributed by atoms with E-state index in [-0.39, 0.29) is 0 Å². The van der Waals surface area contributed by atoms with Crippen LogP contribution in [0, 0.1) is 27.7 Å². The summed E-state index contributed by atoms with van der Waals surface area (Å²) < 4.78 is 0. The first kappa shape index (κ1) is 37.9. The summed E-state index contributed by atoms with van der Waals surface area (Å²) in [5.41, 5.74) is 17.5. The lowest BCUT2D eigenvalue weighted by atomic mass is 9.85. The molecule has 0 N–H and O–H groups in total. The topological polar surface area (TPSA) is 0 Å². The lowest BCUT2D eigenvalue weighted by Gasteiger charge is -2.18. The first-order valence-corrected chi connectivity index (χ1v) is 22.5. The Morgan fingerprint density at radius 3 is 0.766 bits per heavy atom. The normalized spacial score (nSPS) is 11.8. The van der Waals surface area contributed by atoms with Gasteiger partial charge < -0.3 is 0 Å². The molecule has 0 heteroatoms. The average Bonchev–Trinajstić information content (AvgIpc) is 3.32. The quantitative estimate of drug-likeness (QED) is 0.152. The van der Waals surface area contributed by atoms with Gasteiger partial charge >= 0.3 is 0 Å². The number of fused-ring (bicyclic) bond motifs is 10. The van der Waals surface area contributed by atoms with Gasteiger partial charge in [0.05, 0.1) is 0 Å². The molecule has 0 aliphatic rings. The number of benzene rings is 12. The Kier molecular flexibility index (Phi) is 8.85. The van der Waals surface area contributed by atoms with Crippen LogP contribution in [0.25, 0.3) is 120 Å². The van der Waals surface area contributed by atoms with Crippen molar-refractivity contribution >= 4 is 64.6 Å². The Bertz CT molecular complexity index is 3620. The number of aryl methyl sites for hydroxylation is 4. The van der Waals surface area contributed by atoms with Gasteiger partial charge in [-0.1, -0.05) is 192 Å². The number of hydrogen-bond donors (Lipinski definition) is 0. The van der Waals surface area contributed by atoms with E-state index in [0.29, 0.717) is 0 Å². The van der Waals surface area contributed by atoms with E-state index in [0.717, 1.165) is 0 Å².